The van der Waals surface area contributed by atoms with E-state index in [2.05, 4.69) is 5.16 Å². The van der Waals surface area contributed by atoms with E-state index in [9.17, 15) is 9.18 Å². The predicted molar refractivity (Wildman–Crippen MR) is 121 cm³/mol. The first kappa shape index (κ1) is 21.6. The molecule has 0 N–H and O–H groups in total. The first-order valence-electron chi connectivity index (χ1n) is 10.5. The molecule has 0 fully saturated rings. The van der Waals surface area contributed by atoms with Crippen molar-refractivity contribution < 1.29 is 18.8 Å². The summed E-state index contributed by atoms with van der Waals surface area (Å²) in [5.74, 6) is 0.302. The number of carbonyl (C=O) groups excluding carboxylic acids is 1. The van der Waals surface area contributed by atoms with Gasteiger partial charge in [0, 0.05) is 24.1 Å². The molecule has 32 heavy (non-hydrogen) atoms. The average Bonchev–Trinajstić information content (AvgIpc) is 3.29. The first-order valence-corrected chi connectivity index (χ1v) is 10.5. The van der Waals surface area contributed by atoms with Crippen LogP contribution < -0.4 is 4.74 Å². The van der Waals surface area contributed by atoms with Crippen LogP contribution in [0.15, 0.2) is 84.0 Å². The zero-order valence-corrected chi connectivity index (χ0v) is 17.9. The molecule has 3 aromatic carbocycles. The number of ether oxygens (including phenoxy) is 1. The highest BCUT2D eigenvalue weighted by atomic mass is 19.1. The van der Waals surface area contributed by atoms with Gasteiger partial charge in [0.05, 0.1) is 25.8 Å². The average molecular weight is 432 g/mol. The fourth-order valence-corrected chi connectivity index (χ4v) is 3.78. The number of rotatable bonds is 8. The van der Waals surface area contributed by atoms with Crippen molar-refractivity contribution >= 4 is 11.6 Å². The lowest BCUT2D eigenvalue weighted by atomic mass is 10.0. The molecule has 5 nitrogen and oxygen atoms in total. The number of oxime groups is 1. The number of halogens is 1. The number of hydrogen-bond acceptors (Lipinski definition) is 4. The normalized spacial score (nSPS) is 15.1. The zero-order chi connectivity index (χ0) is 22.3. The van der Waals surface area contributed by atoms with Gasteiger partial charge in [-0.2, -0.15) is 0 Å². The molecule has 1 aliphatic heterocycles. The van der Waals surface area contributed by atoms with Crippen LogP contribution in [-0.4, -0.2) is 36.3 Å². The first-order chi connectivity index (χ1) is 15.6. The molecular formula is C26H25FN2O3. The van der Waals surface area contributed by atoms with Gasteiger partial charge >= 0.3 is 0 Å². The molecule has 0 radical (unpaired) electrons. The van der Waals surface area contributed by atoms with Gasteiger partial charge in [-0.1, -0.05) is 65.8 Å². The van der Waals surface area contributed by atoms with Crippen molar-refractivity contribution in [3.05, 3.63) is 101 Å². The van der Waals surface area contributed by atoms with E-state index in [1.54, 1.807) is 30.2 Å². The highest BCUT2D eigenvalue weighted by molar-refractivity contribution is 6.03. The molecule has 6 heteroatoms. The van der Waals surface area contributed by atoms with Crippen LogP contribution >= 0.6 is 0 Å². The molecule has 1 atom stereocenters. The number of benzene rings is 3. The molecule has 3 aromatic rings. The SMILES string of the molecule is COc1ccccc1C1=NOC(CN(Cc2ccccc2F)C(=O)Cc2ccccc2)C1. The number of nitrogens with zero attached hydrogens (tertiary/aromatic N) is 2. The standard InChI is InChI=1S/C26H25FN2O3/c1-31-25-14-8-6-12-22(25)24-16-21(32-28-24)18-29(17-20-11-5-7-13-23(20)27)26(30)15-19-9-3-2-4-10-19/h2-14,21H,15-18H2,1H3. The summed E-state index contributed by atoms with van der Waals surface area (Å²) in [6.07, 6.45) is 0.455. The van der Waals surface area contributed by atoms with Crippen molar-refractivity contribution in [3.8, 4) is 5.75 Å². The van der Waals surface area contributed by atoms with Crippen LogP contribution in [0.4, 0.5) is 4.39 Å². The Balaban J connectivity index is 1.49. The molecule has 0 aromatic heterocycles. The molecule has 1 unspecified atom stereocenters. The van der Waals surface area contributed by atoms with E-state index in [0.29, 0.717) is 18.5 Å². The van der Waals surface area contributed by atoms with Gasteiger partial charge in [-0.05, 0) is 23.8 Å². The fraction of sp³-hybridized carbons (Fsp3) is 0.231. The molecule has 0 bridgehead atoms. The fourth-order valence-electron chi connectivity index (χ4n) is 3.78. The molecule has 1 heterocycles. The van der Waals surface area contributed by atoms with E-state index in [1.165, 1.54) is 6.07 Å². The van der Waals surface area contributed by atoms with Crippen molar-refractivity contribution in [2.45, 2.75) is 25.5 Å². The monoisotopic (exact) mass is 432 g/mol. The summed E-state index contributed by atoms with van der Waals surface area (Å²) in [6.45, 7) is 0.477. The highest BCUT2D eigenvalue weighted by Gasteiger charge is 2.28. The Morgan fingerprint density at radius 2 is 1.78 bits per heavy atom. The molecular weight excluding hydrogens is 407 g/mol. The maximum absolute atomic E-state index is 14.3. The number of carbonyl (C=O) groups is 1. The van der Waals surface area contributed by atoms with Crippen LogP contribution in [0.25, 0.3) is 0 Å². The second kappa shape index (κ2) is 10.1. The quantitative estimate of drug-likeness (QED) is 0.523. The smallest absolute Gasteiger partial charge is 0.227 e. The molecule has 1 aliphatic rings. The lowest BCUT2D eigenvalue weighted by Gasteiger charge is -2.25. The summed E-state index contributed by atoms with van der Waals surface area (Å²) >= 11 is 0. The highest BCUT2D eigenvalue weighted by Crippen LogP contribution is 2.25. The third-order valence-corrected chi connectivity index (χ3v) is 5.44. The van der Waals surface area contributed by atoms with Gasteiger partial charge in [-0.15, -0.1) is 0 Å². The van der Waals surface area contributed by atoms with Crippen molar-refractivity contribution in [1.82, 2.24) is 4.90 Å². The van der Waals surface area contributed by atoms with Crippen molar-refractivity contribution in [2.24, 2.45) is 5.16 Å². The Kier molecular flexibility index (Phi) is 6.80. The van der Waals surface area contributed by atoms with Crippen LogP contribution in [0, 0.1) is 5.82 Å². The summed E-state index contributed by atoms with van der Waals surface area (Å²) in [4.78, 5) is 20.5. The van der Waals surface area contributed by atoms with Crippen molar-refractivity contribution in [3.63, 3.8) is 0 Å². The molecule has 0 aliphatic carbocycles. The topological polar surface area (TPSA) is 51.1 Å². The van der Waals surface area contributed by atoms with Gasteiger partial charge in [0.15, 0.2) is 6.10 Å². The Morgan fingerprint density at radius 3 is 2.56 bits per heavy atom. The Morgan fingerprint density at radius 1 is 1.06 bits per heavy atom. The second-order valence-electron chi connectivity index (χ2n) is 7.70. The molecule has 164 valence electrons. The van der Waals surface area contributed by atoms with Crippen molar-refractivity contribution in [1.29, 1.82) is 0 Å². The summed E-state index contributed by atoms with van der Waals surface area (Å²) < 4.78 is 19.7. The van der Waals surface area contributed by atoms with Gasteiger partial charge < -0.3 is 14.5 Å². The second-order valence-corrected chi connectivity index (χ2v) is 7.70. The Hall–Kier alpha value is -3.67. The zero-order valence-electron chi connectivity index (χ0n) is 17.9. The van der Waals surface area contributed by atoms with Crippen LogP contribution in [0.1, 0.15) is 23.1 Å². The lowest BCUT2D eigenvalue weighted by Crippen LogP contribution is -2.38. The van der Waals surface area contributed by atoms with E-state index in [0.717, 1.165) is 22.6 Å². The summed E-state index contributed by atoms with van der Waals surface area (Å²) in [7, 11) is 1.62. The van der Waals surface area contributed by atoms with Crippen LogP contribution in [-0.2, 0) is 22.6 Å². The van der Waals surface area contributed by atoms with E-state index in [-0.39, 0.29) is 30.8 Å². The molecule has 0 saturated carbocycles. The molecule has 4 rings (SSSR count). The molecule has 1 amide bonds. The summed E-state index contributed by atoms with van der Waals surface area (Å²) in [5.41, 5.74) is 3.02. The van der Waals surface area contributed by atoms with E-state index < -0.39 is 0 Å². The number of methoxy groups -OCH3 is 1. The number of para-hydroxylation sites is 1. The largest absolute Gasteiger partial charge is 0.496 e. The van der Waals surface area contributed by atoms with E-state index in [1.807, 2.05) is 54.6 Å². The lowest BCUT2D eigenvalue weighted by molar-refractivity contribution is -0.133. The maximum Gasteiger partial charge on any atom is 0.227 e. The van der Waals surface area contributed by atoms with Gasteiger partial charge in [-0.25, -0.2) is 4.39 Å². The van der Waals surface area contributed by atoms with Gasteiger partial charge in [0.1, 0.15) is 11.6 Å². The summed E-state index contributed by atoms with van der Waals surface area (Å²) in [6, 6.07) is 23.7. The number of amides is 1. The van der Waals surface area contributed by atoms with Crippen LogP contribution in [0.2, 0.25) is 0 Å². The summed E-state index contributed by atoms with van der Waals surface area (Å²) in [5, 5.41) is 4.24. The van der Waals surface area contributed by atoms with Crippen LogP contribution in [0.5, 0.6) is 5.75 Å². The van der Waals surface area contributed by atoms with Gasteiger partial charge in [0.25, 0.3) is 0 Å². The third kappa shape index (κ3) is 5.14. The van der Waals surface area contributed by atoms with Gasteiger partial charge in [0.2, 0.25) is 5.91 Å². The van der Waals surface area contributed by atoms with Gasteiger partial charge in [-0.3, -0.25) is 4.79 Å². The van der Waals surface area contributed by atoms with Crippen molar-refractivity contribution in [2.75, 3.05) is 13.7 Å². The minimum Gasteiger partial charge on any atom is -0.496 e. The van der Waals surface area contributed by atoms with E-state index >= 15 is 0 Å². The third-order valence-electron chi connectivity index (χ3n) is 5.44. The Labute approximate surface area is 187 Å². The Bertz CT molecular complexity index is 1100. The van der Waals surface area contributed by atoms with E-state index in [4.69, 9.17) is 9.57 Å². The predicted octanol–water partition coefficient (Wildman–Crippen LogP) is 4.60. The minimum atomic E-state index is -0.330. The number of hydrogen-bond donors (Lipinski definition) is 0. The molecule has 0 spiro atoms. The van der Waals surface area contributed by atoms with Crippen LogP contribution in [0.3, 0.4) is 0 Å². The maximum atomic E-state index is 14.3. The minimum absolute atomic E-state index is 0.0891. The molecule has 0 saturated heterocycles.